The van der Waals surface area contributed by atoms with Crippen LogP contribution >= 0.6 is 0 Å². The summed E-state index contributed by atoms with van der Waals surface area (Å²) in [4.78, 5) is 21.6. The maximum Gasteiger partial charge on any atom is 0.309 e. The van der Waals surface area contributed by atoms with E-state index in [1.165, 1.54) is 0 Å². The molecule has 0 saturated heterocycles. The van der Waals surface area contributed by atoms with Crippen LogP contribution in [0.15, 0.2) is 18.2 Å². The number of unbranched alkanes of at least 4 members (excludes halogenated alkanes) is 3. The Morgan fingerprint density at radius 1 is 0.964 bits per heavy atom. The first-order valence-corrected chi connectivity index (χ1v) is 10.2. The molecule has 1 aromatic rings. The zero-order valence-corrected chi connectivity index (χ0v) is 17.8. The van der Waals surface area contributed by atoms with Gasteiger partial charge in [0.1, 0.15) is 11.4 Å². The number of rotatable bonds is 14. The predicted molar refractivity (Wildman–Crippen MR) is 110 cm³/mol. The van der Waals surface area contributed by atoms with Crippen LogP contribution in [-0.2, 0) is 27.2 Å². The van der Waals surface area contributed by atoms with Gasteiger partial charge < -0.3 is 14.9 Å². The lowest BCUT2D eigenvalue weighted by Gasteiger charge is -2.22. The molecule has 28 heavy (non-hydrogen) atoms. The Kier molecular flexibility index (Phi) is 9.50. The van der Waals surface area contributed by atoms with Crippen molar-refractivity contribution in [2.45, 2.75) is 91.1 Å². The number of aryl methyl sites for hydroxylation is 2. The van der Waals surface area contributed by atoms with Gasteiger partial charge in [-0.25, -0.2) is 0 Å². The van der Waals surface area contributed by atoms with E-state index in [0.29, 0.717) is 18.6 Å². The van der Waals surface area contributed by atoms with Crippen molar-refractivity contribution in [3.8, 4) is 5.75 Å². The van der Waals surface area contributed by atoms with E-state index < -0.39 is 17.0 Å². The molecule has 0 radical (unpaired) electrons. The SMILES string of the molecule is CC(C)(CCCCc1cccc(CCCCCC(C)(C)C(=O)O)c1O)OC=O. The highest BCUT2D eigenvalue weighted by Gasteiger charge is 2.26. The molecule has 158 valence electrons. The maximum atomic E-state index is 11.1. The number of phenols is 1. The first kappa shape index (κ1) is 24.0. The average Bonchev–Trinajstić information content (AvgIpc) is 2.60. The van der Waals surface area contributed by atoms with E-state index in [0.717, 1.165) is 62.5 Å². The second kappa shape index (κ2) is 11.1. The van der Waals surface area contributed by atoms with Crippen molar-refractivity contribution in [3.05, 3.63) is 29.3 Å². The van der Waals surface area contributed by atoms with Gasteiger partial charge in [0.05, 0.1) is 5.41 Å². The molecule has 2 N–H and O–H groups in total. The molecule has 0 aliphatic heterocycles. The Labute approximate surface area is 169 Å². The number of ether oxygens (including phenoxy) is 1. The fourth-order valence-corrected chi connectivity index (χ4v) is 3.27. The fraction of sp³-hybridized carbons (Fsp3) is 0.652. The van der Waals surface area contributed by atoms with Crippen LogP contribution in [0.4, 0.5) is 0 Å². The van der Waals surface area contributed by atoms with Crippen molar-refractivity contribution in [2.75, 3.05) is 0 Å². The summed E-state index contributed by atoms with van der Waals surface area (Å²) in [7, 11) is 0. The smallest absolute Gasteiger partial charge is 0.309 e. The average molecular weight is 393 g/mol. The molecule has 0 unspecified atom stereocenters. The fourth-order valence-electron chi connectivity index (χ4n) is 3.27. The third-order valence-corrected chi connectivity index (χ3v) is 5.37. The van der Waals surface area contributed by atoms with Gasteiger partial charge in [-0.3, -0.25) is 9.59 Å². The van der Waals surface area contributed by atoms with Gasteiger partial charge in [0, 0.05) is 0 Å². The first-order valence-electron chi connectivity index (χ1n) is 10.2. The number of benzene rings is 1. The number of hydrogen-bond acceptors (Lipinski definition) is 4. The number of phenolic OH excluding ortho intramolecular Hbond substituents is 1. The van der Waals surface area contributed by atoms with E-state index >= 15 is 0 Å². The van der Waals surface area contributed by atoms with Crippen molar-refractivity contribution in [2.24, 2.45) is 5.41 Å². The summed E-state index contributed by atoms with van der Waals surface area (Å²) in [5.74, 6) is -0.365. The molecule has 0 heterocycles. The number of para-hydroxylation sites is 1. The minimum Gasteiger partial charge on any atom is -0.507 e. The molecule has 5 heteroatoms. The molecule has 0 aromatic heterocycles. The van der Waals surface area contributed by atoms with Gasteiger partial charge in [0.25, 0.3) is 6.47 Å². The molecule has 0 bridgehead atoms. The van der Waals surface area contributed by atoms with Gasteiger partial charge in [0.15, 0.2) is 0 Å². The summed E-state index contributed by atoms with van der Waals surface area (Å²) in [5, 5.41) is 19.7. The summed E-state index contributed by atoms with van der Waals surface area (Å²) < 4.78 is 5.06. The van der Waals surface area contributed by atoms with Crippen LogP contribution in [0, 0.1) is 5.41 Å². The van der Waals surface area contributed by atoms with Gasteiger partial charge in [0.2, 0.25) is 0 Å². The highest BCUT2D eigenvalue weighted by molar-refractivity contribution is 5.73. The summed E-state index contributed by atoms with van der Waals surface area (Å²) in [5.41, 5.74) is 0.798. The molecule has 0 fully saturated rings. The molecule has 0 saturated carbocycles. The molecule has 0 aliphatic carbocycles. The van der Waals surface area contributed by atoms with Gasteiger partial charge in [-0.1, -0.05) is 31.0 Å². The van der Waals surface area contributed by atoms with Gasteiger partial charge in [-0.2, -0.15) is 0 Å². The third-order valence-electron chi connectivity index (χ3n) is 5.37. The minimum absolute atomic E-state index is 0.386. The monoisotopic (exact) mass is 392 g/mol. The molecule has 0 amide bonds. The lowest BCUT2D eigenvalue weighted by molar-refractivity contribution is -0.147. The highest BCUT2D eigenvalue weighted by atomic mass is 16.5. The Hall–Kier alpha value is -2.04. The van der Waals surface area contributed by atoms with Crippen LogP contribution in [0.3, 0.4) is 0 Å². The van der Waals surface area contributed by atoms with E-state index in [1.807, 2.05) is 32.0 Å². The molecule has 0 atom stereocenters. The summed E-state index contributed by atoms with van der Waals surface area (Å²) in [6.07, 6.45) is 7.65. The largest absolute Gasteiger partial charge is 0.507 e. The van der Waals surface area contributed by atoms with Gasteiger partial charge >= 0.3 is 5.97 Å². The zero-order chi connectivity index (χ0) is 21.2. The van der Waals surface area contributed by atoms with Crippen molar-refractivity contribution in [1.82, 2.24) is 0 Å². The molecule has 1 aromatic carbocycles. The zero-order valence-electron chi connectivity index (χ0n) is 17.8. The van der Waals surface area contributed by atoms with Gasteiger partial charge in [-0.15, -0.1) is 0 Å². The summed E-state index contributed by atoms with van der Waals surface area (Å²) in [6, 6.07) is 5.90. The summed E-state index contributed by atoms with van der Waals surface area (Å²) >= 11 is 0. The lowest BCUT2D eigenvalue weighted by atomic mass is 9.87. The quantitative estimate of drug-likeness (QED) is 0.333. The van der Waals surface area contributed by atoms with Crippen LogP contribution in [0.2, 0.25) is 0 Å². The standard InChI is InChI=1S/C23H36O5/c1-22(2,21(26)27)15-8-5-6-11-18-13-10-14-19(20(18)25)12-7-9-16-23(3,4)28-17-24/h10,13-14,17,25H,5-9,11-12,15-16H2,1-4H3,(H,26,27). The molecule has 0 spiro atoms. The number of carboxylic acid groups (broad SMARTS) is 1. The van der Waals surface area contributed by atoms with Crippen LogP contribution in [0.5, 0.6) is 5.75 Å². The molecular weight excluding hydrogens is 356 g/mol. The molecule has 1 rings (SSSR count). The number of carbonyl (C=O) groups is 2. The molecule has 5 nitrogen and oxygen atoms in total. The van der Waals surface area contributed by atoms with Crippen molar-refractivity contribution >= 4 is 12.4 Å². The van der Waals surface area contributed by atoms with Crippen molar-refractivity contribution in [3.63, 3.8) is 0 Å². The van der Waals surface area contributed by atoms with E-state index in [-0.39, 0.29) is 0 Å². The lowest BCUT2D eigenvalue weighted by Crippen LogP contribution is -2.23. The Bertz CT molecular complexity index is 634. The Morgan fingerprint density at radius 2 is 1.50 bits per heavy atom. The van der Waals surface area contributed by atoms with E-state index in [1.54, 1.807) is 13.8 Å². The second-order valence-corrected chi connectivity index (χ2v) is 8.86. The Morgan fingerprint density at radius 3 is 2.04 bits per heavy atom. The normalized spacial score (nSPS) is 12.0. The van der Waals surface area contributed by atoms with Crippen molar-refractivity contribution in [1.29, 1.82) is 0 Å². The third kappa shape index (κ3) is 8.32. The second-order valence-electron chi connectivity index (χ2n) is 8.86. The van der Waals surface area contributed by atoms with E-state index in [9.17, 15) is 14.7 Å². The van der Waals surface area contributed by atoms with Crippen molar-refractivity contribution < 1.29 is 24.5 Å². The minimum atomic E-state index is -0.751. The van der Waals surface area contributed by atoms with Crippen LogP contribution < -0.4 is 0 Å². The first-order chi connectivity index (χ1) is 13.1. The number of aromatic hydroxyl groups is 1. The van der Waals surface area contributed by atoms with Crippen LogP contribution in [-0.4, -0.2) is 28.3 Å². The summed E-state index contributed by atoms with van der Waals surface area (Å²) in [6.45, 7) is 7.82. The van der Waals surface area contributed by atoms with E-state index in [2.05, 4.69) is 0 Å². The maximum absolute atomic E-state index is 11.1. The topological polar surface area (TPSA) is 83.8 Å². The molecular formula is C23H36O5. The number of carbonyl (C=O) groups excluding carboxylic acids is 1. The number of carboxylic acids is 1. The van der Waals surface area contributed by atoms with Crippen LogP contribution in [0.25, 0.3) is 0 Å². The number of aliphatic carboxylic acids is 1. The van der Waals surface area contributed by atoms with Crippen LogP contribution in [0.1, 0.15) is 83.8 Å². The predicted octanol–water partition coefficient (Wildman–Crippen LogP) is 5.27. The highest BCUT2D eigenvalue weighted by Crippen LogP contribution is 2.28. The van der Waals surface area contributed by atoms with Gasteiger partial charge in [-0.05, 0) is 83.8 Å². The molecule has 0 aliphatic rings. The number of hydrogen-bond donors (Lipinski definition) is 2. The Balaban J connectivity index is 2.41. The van der Waals surface area contributed by atoms with E-state index in [4.69, 9.17) is 9.84 Å².